The summed E-state index contributed by atoms with van der Waals surface area (Å²) in [6.07, 6.45) is 0. The van der Waals surface area contributed by atoms with Crippen LogP contribution in [-0.4, -0.2) is 35.8 Å². The van der Waals surface area contributed by atoms with Crippen molar-refractivity contribution in [2.75, 3.05) is 13.1 Å². The number of amides is 2. The Labute approximate surface area is 97.4 Å². The van der Waals surface area contributed by atoms with Gasteiger partial charge in [-0.25, -0.2) is 0 Å². The highest BCUT2D eigenvalue weighted by Gasteiger charge is 2.39. The summed E-state index contributed by atoms with van der Waals surface area (Å²) in [5.41, 5.74) is -0.234. The van der Waals surface area contributed by atoms with E-state index in [1.165, 1.54) is 0 Å². The largest absolute Gasteiger partial charge is 0.342 e. The lowest BCUT2D eigenvalue weighted by atomic mass is 9.84. The average Bonchev–Trinajstić information content (AvgIpc) is 2.07. The van der Waals surface area contributed by atoms with Crippen LogP contribution < -0.4 is 5.32 Å². The predicted octanol–water partition coefficient (Wildman–Crippen LogP) is 1.02. The molecule has 1 atom stereocenters. The summed E-state index contributed by atoms with van der Waals surface area (Å²) in [6, 6.07) is -0.396. The number of carbonyl (C=O) groups excluding carboxylic acids is 2. The Morgan fingerprint density at radius 2 is 1.94 bits per heavy atom. The van der Waals surface area contributed by atoms with Crippen molar-refractivity contribution in [3.8, 4) is 0 Å². The van der Waals surface area contributed by atoms with E-state index in [-0.39, 0.29) is 23.8 Å². The lowest BCUT2D eigenvalue weighted by Crippen LogP contribution is -2.62. The Kier molecular flexibility index (Phi) is 3.61. The van der Waals surface area contributed by atoms with Gasteiger partial charge in [-0.05, 0) is 11.3 Å². The number of hydrogen-bond acceptors (Lipinski definition) is 2. The molecule has 1 fully saturated rings. The Morgan fingerprint density at radius 3 is 2.38 bits per heavy atom. The van der Waals surface area contributed by atoms with E-state index in [4.69, 9.17) is 0 Å². The number of piperazine rings is 1. The second kappa shape index (κ2) is 4.44. The van der Waals surface area contributed by atoms with Crippen molar-refractivity contribution >= 4 is 11.8 Å². The molecule has 1 aliphatic rings. The summed E-state index contributed by atoms with van der Waals surface area (Å²) >= 11 is 0. The highest BCUT2D eigenvalue weighted by Crippen LogP contribution is 2.23. The van der Waals surface area contributed by atoms with Gasteiger partial charge in [-0.3, -0.25) is 9.59 Å². The number of nitrogens with one attached hydrogen (secondary N) is 1. The van der Waals surface area contributed by atoms with Gasteiger partial charge in [0.25, 0.3) is 0 Å². The molecule has 1 heterocycles. The van der Waals surface area contributed by atoms with Crippen LogP contribution >= 0.6 is 0 Å². The molecule has 0 aliphatic carbocycles. The first kappa shape index (κ1) is 13.0. The molecular formula is C12H22N2O2. The van der Waals surface area contributed by atoms with Gasteiger partial charge < -0.3 is 10.2 Å². The van der Waals surface area contributed by atoms with Crippen LogP contribution in [0.25, 0.3) is 0 Å². The zero-order valence-electron chi connectivity index (χ0n) is 10.8. The fourth-order valence-electron chi connectivity index (χ4n) is 1.88. The van der Waals surface area contributed by atoms with E-state index in [0.29, 0.717) is 12.5 Å². The van der Waals surface area contributed by atoms with Gasteiger partial charge in [0.1, 0.15) is 6.04 Å². The number of carbonyl (C=O) groups is 2. The van der Waals surface area contributed by atoms with E-state index in [1.54, 1.807) is 4.90 Å². The highest BCUT2D eigenvalue weighted by atomic mass is 16.2. The van der Waals surface area contributed by atoms with Crippen molar-refractivity contribution in [3.63, 3.8) is 0 Å². The fourth-order valence-corrected chi connectivity index (χ4v) is 1.88. The monoisotopic (exact) mass is 226 g/mol. The van der Waals surface area contributed by atoms with Crippen molar-refractivity contribution in [2.24, 2.45) is 11.3 Å². The molecule has 4 nitrogen and oxygen atoms in total. The van der Waals surface area contributed by atoms with Gasteiger partial charge in [0.05, 0.1) is 6.54 Å². The molecular weight excluding hydrogens is 204 g/mol. The van der Waals surface area contributed by atoms with Crippen LogP contribution in [0, 0.1) is 11.3 Å². The molecule has 0 aromatic heterocycles. The third-order valence-corrected chi connectivity index (χ3v) is 2.65. The second-order valence-electron chi connectivity index (χ2n) is 5.98. The van der Waals surface area contributed by atoms with Crippen molar-refractivity contribution in [1.29, 1.82) is 0 Å². The normalized spacial score (nSPS) is 22.6. The minimum Gasteiger partial charge on any atom is -0.342 e. The average molecular weight is 226 g/mol. The van der Waals surface area contributed by atoms with Gasteiger partial charge in [0.2, 0.25) is 11.8 Å². The molecule has 0 radical (unpaired) electrons. The fraction of sp³-hybridized carbons (Fsp3) is 0.833. The Hall–Kier alpha value is -1.06. The molecule has 1 N–H and O–H groups in total. The highest BCUT2D eigenvalue weighted by molar-refractivity contribution is 5.95. The molecule has 1 rings (SSSR count). The Balaban J connectivity index is 2.82. The molecule has 2 amide bonds. The Bertz CT molecular complexity index is 292. The minimum atomic E-state index is -0.396. The molecule has 0 aromatic carbocycles. The van der Waals surface area contributed by atoms with Crippen LogP contribution in [0.5, 0.6) is 0 Å². The first-order valence-corrected chi connectivity index (χ1v) is 5.80. The summed E-state index contributed by atoms with van der Waals surface area (Å²) in [4.78, 5) is 25.4. The van der Waals surface area contributed by atoms with Gasteiger partial charge in [-0.1, -0.05) is 34.6 Å². The van der Waals surface area contributed by atoms with Crippen molar-refractivity contribution in [2.45, 2.75) is 40.7 Å². The van der Waals surface area contributed by atoms with Gasteiger partial charge in [0, 0.05) is 6.54 Å². The van der Waals surface area contributed by atoms with E-state index in [1.807, 2.05) is 34.6 Å². The third kappa shape index (κ3) is 2.97. The molecule has 1 saturated heterocycles. The molecule has 16 heavy (non-hydrogen) atoms. The standard InChI is InChI=1S/C12H22N2O2/c1-8(2)6-14-7-9(15)13-10(11(14)16)12(3,4)5/h8,10H,6-7H2,1-5H3,(H,13,15). The maximum Gasteiger partial charge on any atom is 0.246 e. The molecule has 4 heteroatoms. The van der Waals surface area contributed by atoms with E-state index in [2.05, 4.69) is 5.32 Å². The Morgan fingerprint density at radius 1 is 1.38 bits per heavy atom. The molecule has 0 bridgehead atoms. The maximum atomic E-state index is 12.2. The van der Waals surface area contributed by atoms with E-state index < -0.39 is 6.04 Å². The smallest absolute Gasteiger partial charge is 0.246 e. The third-order valence-electron chi connectivity index (χ3n) is 2.65. The summed E-state index contributed by atoms with van der Waals surface area (Å²) in [5, 5.41) is 2.78. The summed E-state index contributed by atoms with van der Waals surface area (Å²) in [5.74, 6) is 0.372. The van der Waals surface area contributed by atoms with Crippen LogP contribution in [0.15, 0.2) is 0 Å². The van der Waals surface area contributed by atoms with Crippen LogP contribution in [0.1, 0.15) is 34.6 Å². The zero-order valence-corrected chi connectivity index (χ0v) is 10.8. The zero-order chi connectivity index (χ0) is 12.5. The molecule has 92 valence electrons. The van der Waals surface area contributed by atoms with Gasteiger partial charge in [-0.2, -0.15) is 0 Å². The van der Waals surface area contributed by atoms with E-state index in [0.717, 1.165) is 0 Å². The number of hydrogen-bond donors (Lipinski definition) is 1. The second-order valence-corrected chi connectivity index (χ2v) is 5.98. The van der Waals surface area contributed by atoms with Gasteiger partial charge >= 0.3 is 0 Å². The lowest BCUT2D eigenvalue weighted by Gasteiger charge is -2.39. The predicted molar refractivity (Wildman–Crippen MR) is 62.8 cm³/mol. The van der Waals surface area contributed by atoms with Crippen molar-refractivity contribution in [3.05, 3.63) is 0 Å². The van der Waals surface area contributed by atoms with Crippen LogP contribution in [-0.2, 0) is 9.59 Å². The molecule has 0 saturated carbocycles. The molecule has 0 spiro atoms. The van der Waals surface area contributed by atoms with Gasteiger partial charge in [-0.15, -0.1) is 0 Å². The van der Waals surface area contributed by atoms with Crippen molar-refractivity contribution in [1.82, 2.24) is 10.2 Å². The van der Waals surface area contributed by atoms with Crippen LogP contribution in [0.2, 0.25) is 0 Å². The summed E-state index contributed by atoms with van der Waals surface area (Å²) in [6.45, 7) is 10.8. The van der Waals surface area contributed by atoms with E-state index >= 15 is 0 Å². The molecule has 1 unspecified atom stereocenters. The van der Waals surface area contributed by atoms with Gasteiger partial charge in [0.15, 0.2) is 0 Å². The summed E-state index contributed by atoms with van der Waals surface area (Å²) < 4.78 is 0. The first-order chi connectivity index (χ1) is 7.21. The number of nitrogens with zero attached hydrogens (tertiary/aromatic N) is 1. The maximum absolute atomic E-state index is 12.2. The first-order valence-electron chi connectivity index (χ1n) is 5.80. The van der Waals surface area contributed by atoms with E-state index in [9.17, 15) is 9.59 Å². The molecule has 0 aromatic rings. The van der Waals surface area contributed by atoms with Crippen molar-refractivity contribution < 1.29 is 9.59 Å². The number of rotatable bonds is 2. The summed E-state index contributed by atoms with van der Waals surface area (Å²) in [7, 11) is 0. The van der Waals surface area contributed by atoms with Crippen LogP contribution in [0.3, 0.4) is 0 Å². The SMILES string of the molecule is CC(C)CN1CC(=O)NC(C(C)(C)C)C1=O. The minimum absolute atomic E-state index is 0.0424. The quantitative estimate of drug-likeness (QED) is 0.764. The topological polar surface area (TPSA) is 49.4 Å². The lowest BCUT2D eigenvalue weighted by molar-refractivity contribution is -0.147. The van der Waals surface area contributed by atoms with Crippen LogP contribution in [0.4, 0.5) is 0 Å². The molecule has 1 aliphatic heterocycles.